The van der Waals surface area contributed by atoms with Gasteiger partial charge in [0.25, 0.3) is 0 Å². The van der Waals surface area contributed by atoms with Crippen LogP contribution in [-0.2, 0) is 9.59 Å². The van der Waals surface area contributed by atoms with Crippen LogP contribution in [0.25, 0.3) is 0 Å². The third kappa shape index (κ3) is 3.63. The average molecular weight is 341 g/mol. The van der Waals surface area contributed by atoms with Gasteiger partial charge in [-0.1, -0.05) is 30.3 Å². The fraction of sp³-hybridized carbons (Fsp3) is 0.263. The standard InChI is InChI=1S/C19H20FN3O2/c1-21(15-7-3-2-4-8-15)18(24)19(25)23-13-11-22(12-14-23)17-10-6-5-9-16(17)20/h2-10H,11-14H2,1H3. The summed E-state index contributed by atoms with van der Waals surface area (Å²) in [5.74, 6) is -1.37. The molecule has 1 fully saturated rings. The van der Waals surface area contributed by atoms with Crippen LogP contribution in [0.1, 0.15) is 0 Å². The van der Waals surface area contributed by atoms with E-state index in [-0.39, 0.29) is 5.82 Å². The van der Waals surface area contributed by atoms with Crippen molar-refractivity contribution in [2.75, 3.05) is 43.0 Å². The smallest absolute Gasteiger partial charge is 0.316 e. The zero-order valence-corrected chi connectivity index (χ0v) is 14.1. The minimum Gasteiger partial charge on any atom is -0.366 e. The number of benzene rings is 2. The zero-order valence-electron chi connectivity index (χ0n) is 14.1. The molecule has 1 aliphatic heterocycles. The van der Waals surface area contributed by atoms with E-state index in [9.17, 15) is 14.0 Å². The Morgan fingerprint density at radius 3 is 2.16 bits per heavy atom. The molecule has 0 atom stereocenters. The highest BCUT2D eigenvalue weighted by Gasteiger charge is 2.29. The van der Waals surface area contributed by atoms with Crippen LogP contribution in [0.3, 0.4) is 0 Å². The molecule has 1 saturated heterocycles. The van der Waals surface area contributed by atoms with Gasteiger partial charge < -0.3 is 14.7 Å². The minimum atomic E-state index is -0.564. The molecule has 25 heavy (non-hydrogen) atoms. The van der Waals surface area contributed by atoms with Crippen molar-refractivity contribution in [3.63, 3.8) is 0 Å². The number of piperazine rings is 1. The Labute approximate surface area is 146 Å². The maximum atomic E-state index is 13.9. The van der Waals surface area contributed by atoms with Gasteiger partial charge in [-0.2, -0.15) is 0 Å². The van der Waals surface area contributed by atoms with Gasteiger partial charge in [0.2, 0.25) is 0 Å². The fourth-order valence-corrected chi connectivity index (χ4v) is 2.91. The van der Waals surface area contributed by atoms with Crippen molar-refractivity contribution >= 4 is 23.2 Å². The molecule has 1 aliphatic rings. The number of anilines is 2. The Balaban J connectivity index is 1.62. The molecule has 0 saturated carbocycles. The van der Waals surface area contributed by atoms with Crippen LogP contribution in [0.2, 0.25) is 0 Å². The third-order valence-corrected chi connectivity index (χ3v) is 4.39. The Bertz CT molecular complexity index is 758. The molecule has 3 rings (SSSR count). The van der Waals surface area contributed by atoms with Crippen LogP contribution in [0, 0.1) is 5.82 Å². The quantitative estimate of drug-likeness (QED) is 0.786. The number of rotatable bonds is 2. The molecular formula is C19H20FN3O2. The molecule has 0 radical (unpaired) electrons. The molecule has 0 spiro atoms. The van der Waals surface area contributed by atoms with E-state index in [4.69, 9.17) is 0 Å². The highest BCUT2D eigenvalue weighted by Crippen LogP contribution is 2.20. The summed E-state index contributed by atoms with van der Waals surface area (Å²) in [6.45, 7) is 1.77. The number of hydrogen-bond donors (Lipinski definition) is 0. The number of hydrogen-bond acceptors (Lipinski definition) is 3. The molecule has 130 valence electrons. The number of amides is 2. The molecule has 2 amide bonds. The summed E-state index contributed by atoms with van der Waals surface area (Å²) >= 11 is 0. The largest absolute Gasteiger partial charge is 0.366 e. The average Bonchev–Trinajstić information content (AvgIpc) is 2.67. The monoisotopic (exact) mass is 341 g/mol. The van der Waals surface area contributed by atoms with Gasteiger partial charge in [-0.15, -0.1) is 0 Å². The van der Waals surface area contributed by atoms with Crippen molar-refractivity contribution in [2.24, 2.45) is 0 Å². The molecule has 0 aromatic heterocycles. The third-order valence-electron chi connectivity index (χ3n) is 4.39. The number of halogens is 1. The van der Waals surface area contributed by atoms with Crippen LogP contribution in [0.15, 0.2) is 54.6 Å². The van der Waals surface area contributed by atoms with Gasteiger partial charge in [0.05, 0.1) is 5.69 Å². The highest BCUT2D eigenvalue weighted by atomic mass is 19.1. The number of likely N-dealkylation sites (N-methyl/N-ethyl adjacent to an activating group) is 1. The number of para-hydroxylation sites is 2. The van der Waals surface area contributed by atoms with E-state index in [1.54, 1.807) is 37.4 Å². The zero-order chi connectivity index (χ0) is 17.8. The molecule has 0 unspecified atom stereocenters. The van der Waals surface area contributed by atoms with E-state index in [1.165, 1.54) is 15.9 Å². The van der Waals surface area contributed by atoms with Crippen LogP contribution < -0.4 is 9.80 Å². The van der Waals surface area contributed by atoms with Crippen LogP contribution in [-0.4, -0.2) is 49.9 Å². The normalized spacial score (nSPS) is 14.3. The van der Waals surface area contributed by atoms with Gasteiger partial charge >= 0.3 is 11.8 Å². The Kier molecular flexibility index (Phi) is 4.97. The lowest BCUT2D eigenvalue weighted by Gasteiger charge is -2.36. The predicted molar refractivity (Wildman–Crippen MR) is 95.0 cm³/mol. The second kappa shape index (κ2) is 7.34. The molecule has 1 heterocycles. The summed E-state index contributed by atoms with van der Waals surface area (Å²) < 4.78 is 13.9. The van der Waals surface area contributed by atoms with Gasteiger partial charge in [0, 0.05) is 38.9 Å². The SMILES string of the molecule is CN(C(=O)C(=O)N1CCN(c2ccccc2F)CC1)c1ccccc1. The lowest BCUT2D eigenvalue weighted by Crippen LogP contribution is -2.53. The first-order chi connectivity index (χ1) is 12.1. The molecule has 5 nitrogen and oxygen atoms in total. The van der Waals surface area contributed by atoms with Crippen molar-refractivity contribution < 1.29 is 14.0 Å². The Morgan fingerprint density at radius 2 is 1.52 bits per heavy atom. The Hall–Kier alpha value is -2.89. The van der Waals surface area contributed by atoms with Crippen molar-refractivity contribution in [2.45, 2.75) is 0 Å². The molecule has 2 aromatic carbocycles. The van der Waals surface area contributed by atoms with E-state index in [2.05, 4.69) is 0 Å². The van der Waals surface area contributed by atoms with Crippen molar-refractivity contribution in [3.8, 4) is 0 Å². The fourth-order valence-electron chi connectivity index (χ4n) is 2.91. The minimum absolute atomic E-state index is 0.276. The summed E-state index contributed by atoms with van der Waals surface area (Å²) in [6, 6.07) is 15.6. The Morgan fingerprint density at radius 1 is 0.920 bits per heavy atom. The van der Waals surface area contributed by atoms with E-state index >= 15 is 0 Å². The maximum Gasteiger partial charge on any atom is 0.316 e. The molecule has 0 aliphatic carbocycles. The topological polar surface area (TPSA) is 43.9 Å². The second-order valence-electron chi connectivity index (χ2n) is 5.93. The first-order valence-electron chi connectivity index (χ1n) is 8.19. The van der Waals surface area contributed by atoms with Crippen molar-refractivity contribution in [1.29, 1.82) is 0 Å². The van der Waals surface area contributed by atoms with Gasteiger partial charge in [-0.3, -0.25) is 9.59 Å². The number of carbonyl (C=O) groups is 2. The summed E-state index contributed by atoms with van der Waals surface area (Å²) in [6.07, 6.45) is 0. The van der Waals surface area contributed by atoms with Gasteiger partial charge in [0.1, 0.15) is 5.82 Å². The van der Waals surface area contributed by atoms with Gasteiger partial charge in [-0.05, 0) is 24.3 Å². The number of nitrogens with zero attached hydrogens (tertiary/aromatic N) is 3. The van der Waals surface area contributed by atoms with Crippen LogP contribution >= 0.6 is 0 Å². The molecule has 6 heteroatoms. The summed E-state index contributed by atoms with van der Waals surface area (Å²) in [7, 11) is 1.59. The lowest BCUT2D eigenvalue weighted by molar-refractivity contribution is -0.144. The second-order valence-corrected chi connectivity index (χ2v) is 5.93. The highest BCUT2D eigenvalue weighted by molar-refractivity contribution is 6.40. The van der Waals surface area contributed by atoms with E-state index in [1.807, 2.05) is 23.1 Å². The van der Waals surface area contributed by atoms with Crippen molar-refractivity contribution in [3.05, 3.63) is 60.4 Å². The molecular weight excluding hydrogens is 321 g/mol. The van der Waals surface area contributed by atoms with Crippen LogP contribution in [0.5, 0.6) is 0 Å². The first kappa shape index (κ1) is 17.0. The first-order valence-corrected chi connectivity index (χ1v) is 8.19. The summed E-state index contributed by atoms with van der Waals surface area (Å²) in [4.78, 5) is 29.6. The van der Waals surface area contributed by atoms with Crippen molar-refractivity contribution in [1.82, 2.24) is 4.90 Å². The predicted octanol–water partition coefficient (Wildman–Crippen LogP) is 2.14. The molecule has 0 N–H and O–H groups in total. The lowest BCUT2D eigenvalue weighted by atomic mass is 10.2. The van der Waals surface area contributed by atoms with Gasteiger partial charge in [-0.25, -0.2) is 4.39 Å². The van der Waals surface area contributed by atoms with Crippen LogP contribution in [0.4, 0.5) is 15.8 Å². The summed E-state index contributed by atoms with van der Waals surface area (Å²) in [5, 5.41) is 0. The van der Waals surface area contributed by atoms with Gasteiger partial charge in [0.15, 0.2) is 0 Å². The van der Waals surface area contributed by atoms with E-state index in [0.717, 1.165) is 0 Å². The van der Waals surface area contributed by atoms with E-state index in [0.29, 0.717) is 37.6 Å². The number of carbonyl (C=O) groups excluding carboxylic acids is 2. The van der Waals surface area contributed by atoms with E-state index < -0.39 is 11.8 Å². The summed E-state index contributed by atoms with van der Waals surface area (Å²) in [5.41, 5.74) is 1.20. The molecule has 0 bridgehead atoms. The maximum absolute atomic E-state index is 13.9. The molecule has 2 aromatic rings.